The number of halogens is 7. The second kappa shape index (κ2) is 2.64. The van der Waals surface area contributed by atoms with Gasteiger partial charge < -0.3 is 0 Å². The molecule has 0 radical (unpaired) electrons. The van der Waals surface area contributed by atoms with Crippen molar-refractivity contribution >= 4 is 11.6 Å². The van der Waals surface area contributed by atoms with Gasteiger partial charge in [0.2, 0.25) is 5.75 Å². The maximum absolute atomic E-state index is 12.5. The van der Waals surface area contributed by atoms with Gasteiger partial charge in [0.25, 0.3) is 0 Å². The summed E-state index contributed by atoms with van der Waals surface area (Å²) in [5.74, 6) is -7.66. The Balaban J connectivity index is 3.03. The lowest BCUT2D eigenvalue weighted by Gasteiger charge is -2.24. The lowest BCUT2D eigenvalue weighted by Crippen LogP contribution is -2.53. The third kappa shape index (κ3) is 1.46. The van der Waals surface area contributed by atoms with Crippen LogP contribution in [0.2, 0.25) is 0 Å². The molecule has 0 aromatic carbocycles. The van der Waals surface area contributed by atoms with Gasteiger partial charge in [-0.3, -0.25) is 9.47 Å². The summed E-state index contributed by atoms with van der Waals surface area (Å²) in [7, 11) is 0. The summed E-state index contributed by atoms with van der Waals surface area (Å²) in [6, 6.07) is 0. The Morgan fingerprint density at radius 2 is 1.54 bits per heavy atom. The average molecular weight is 230 g/mol. The van der Waals surface area contributed by atoms with Gasteiger partial charge in [0, 0.05) is 0 Å². The third-order valence-electron chi connectivity index (χ3n) is 1.23. The van der Waals surface area contributed by atoms with E-state index in [1.54, 1.807) is 0 Å². The third-order valence-corrected chi connectivity index (χ3v) is 1.41. The van der Waals surface area contributed by atoms with Crippen molar-refractivity contribution in [2.75, 3.05) is 0 Å². The molecule has 0 saturated carbocycles. The fourth-order valence-electron chi connectivity index (χ4n) is 0.644. The van der Waals surface area contributed by atoms with Crippen LogP contribution in [0.4, 0.5) is 26.3 Å². The molecular weight excluding hydrogens is 229 g/mol. The van der Waals surface area contributed by atoms with E-state index in [1.807, 2.05) is 0 Å². The van der Waals surface area contributed by atoms with Crippen LogP contribution in [0, 0.1) is 0 Å². The van der Waals surface area contributed by atoms with E-state index in [0.717, 1.165) is 0 Å². The monoisotopic (exact) mass is 230 g/mol. The molecule has 1 saturated heterocycles. The lowest BCUT2D eigenvalue weighted by molar-refractivity contribution is -0.393. The minimum atomic E-state index is -5.92. The molecule has 2 atom stereocenters. The van der Waals surface area contributed by atoms with Crippen molar-refractivity contribution in [3.05, 3.63) is 0 Å². The Hall–Kier alpha value is -0.210. The first-order valence-corrected chi connectivity index (χ1v) is 3.17. The molecule has 1 aliphatic rings. The molecule has 0 aromatic heterocycles. The quantitative estimate of drug-likeness (QED) is 0.470. The molecule has 9 heteroatoms. The number of hydrogen-bond acceptors (Lipinski definition) is 2. The molecule has 1 fully saturated rings. The van der Waals surface area contributed by atoms with Crippen LogP contribution in [-0.4, -0.2) is 23.9 Å². The minimum absolute atomic E-state index is 2.47. The first kappa shape index (κ1) is 10.9. The maximum atomic E-state index is 12.5. The van der Waals surface area contributed by atoms with E-state index in [9.17, 15) is 26.3 Å². The van der Waals surface area contributed by atoms with Gasteiger partial charge in [-0.15, -0.1) is 0 Å². The summed E-state index contributed by atoms with van der Waals surface area (Å²) >= 11 is 4.62. The van der Waals surface area contributed by atoms with Crippen LogP contribution in [0.1, 0.15) is 0 Å². The fourth-order valence-corrected chi connectivity index (χ4v) is 0.879. The first-order valence-electron chi connectivity index (χ1n) is 2.73. The summed E-state index contributed by atoms with van der Waals surface area (Å²) in [5.41, 5.74) is 0. The highest BCUT2D eigenvalue weighted by Gasteiger charge is 2.79. The van der Waals surface area contributed by atoms with Crippen LogP contribution in [0.25, 0.3) is 0 Å². The Bertz CT molecular complexity index is 217. The van der Waals surface area contributed by atoms with E-state index < -0.39 is 23.9 Å². The van der Waals surface area contributed by atoms with Crippen molar-refractivity contribution in [3.63, 3.8) is 0 Å². The SMILES string of the molecule is FC(F)(F)[C@]1(F)O[C@H](Cl)OC1(F)F. The van der Waals surface area contributed by atoms with Crippen molar-refractivity contribution in [2.24, 2.45) is 0 Å². The van der Waals surface area contributed by atoms with Gasteiger partial charge in [-0.2, -0.15) is 26.3 Å². The molecule has 1 rings (SSSR count). The second-order valence-corrected chi connectivity index (χ2v) is 2.48. The standard InChI is InChI=1S/C4HClF6O2/c5-1-12-2(6,3(7,8)9)4(10,11)13-1/h1H/t1-,2-/m0/s1. The van der Waals surface area contributed by atoms with Crippen LogP contribution in [-0.2, 0) is 9.47 Å². The highest BCUT2D eigenvalue weighted by atomic mass is 35.5. The molecule has 0 aliphatic carbocycles. The van der Waals surface area contributed by atoms with Gasteiger partial charge in [-0.05, 0) is 0 Å². The summed E-state index contributed by atoms with van der Waals surface area (Å²) in [6.45, 7) is 0. The highest BCUT2D eigenvalue weighted by Crippen LogP contribution is 2.52. The molecular formula is C4HClF6O2. The van der Waals surface area contributed by atoms with Crippen molar-refractivity contribution in [1.82, 2.24) is 0 Å². The summed E-state index contributed by atoms with van der Waals surface area (Å²) in [4.78, 5) is 0. The van der Waals surface area contributed by atoms with Crippen molar-refractivity contribution < 1.29 is 35.8 Å². The van der Waals surface area contributed by atoms with Crippen molar-refractivity contribution in [3.8, 4) is 0 Å². The topological polar surface area (TPSA) is 18.5 Å². The molecule has 78 valence electrons. The minimum Gasteiger partial charge on any atom is -0.288 e. The zero-order chi connectivity index (χ0) is 10.5. The zero-order valence-electron chi connectivity index (χ0n) is 5.54. The van der Waals surface area contributed by atoms with Gasteiger partial charge >= 0.3 is 18.1 Å². The van der Waals surface area contributed by atoms with E-state index in [0.29, 0.717) is 0 Å². The maximum Gasteiger partial charge on any atom is 0.458 e. The highest BCUT2D eigenvalue weighted by molar-refractivity contribution is 6.18. The van der Waals surface area contributed by atoms with Crippen molar-refractivity contribution in [1.29, 1.82) is 0 Å². The van der Waals surface area contributed by atoms with E-state index in [4.69, 9.17) is 0 Å². The lowest BCUT2D eigenvalue weighted by atomic mass is 10.3. The van der Waals surface area contributed by atoms with Crippen LogP contribution in [0.5, 0.6) is 0 Å². The second-order valence-electron chi connectivity index (χ2n) is 2.12. The largest absolute Gasteiger partial charge is 0.458 e. The molecule has 0 amide bonds. The van der Waals surface area contributed by atoms with E-state index in [2.05, 4.69) is 21.1 Å². The molecule has 0 unspecified atom stereocenters. The molecule has 2 nitrogen and oxygen atoms in total. The molecule has 13 heavy (non-hydrogen) atoms. The first-order chi connectivity index (χ1) is 5.60. The van der Waals surface area contributed by atoms with E-state index in [-0.39, 0.29) is 0 Å². The number of alkyl halides is 7. The molecule has 0 spiro atoms. The molecule has 0 bridgehead atoms. The van der Waals surface area contributed by atoms with Crippen LogP contribution >= 0.6 is 11.6 Å². The van der Waals surface area contributed by atoms with Gasteiger partial charge in [0.05, 0.1) is 0 Å². The number of rotatable bonds is 0. The normalized spacial score (nSPS) is 39.5. The van der Waals surface area contributed by atoms with Gasteiger partial charge in [-0.1, -0.05) is 11.6 Å². The molecule has 0 N–H and O–H groups in total. The van der Waals surface area contributed by atoms with Crippen LogP contribution in [0.3, 0.4) is 0 Å². The smallest absolute Gasteiger partial charge is 0.288 e. The number of hydrogen-bond donors (Lipinski definition) is 0. The van der Waals surface area contributed by atoms with Crippen molar-refractivity contribution in [2.45, 2.75) is 23.9 Å². The van der Waals surface area contributed by atoms with Crippen LogP contribution in [0.15, 0.2) is 0 Å². The fraction of sp³-hybridized carbons (Fsp3) is 1.00. The van der Waals surface area contributed by atoms with Gasteiger partial charge in [0.15, 0.2) is 0 Å². The number of ether oxygens (including phenoxy) is 2. The Morgan fingerprint density at radius 1 is 1.08 bits per heavy atom. The summed E-state index contributed by atoms with van der Waals surface area (Å²) < 4.78 is 78.3. The Labute approximate surface area is 72.4 Å². The summed E-state index contributed by atoms with van der Waals surface area (Å²) in [6.07, 6.45) is -11.1. The molecule has 0 aromatic rings. The van der Waals surface area contributed by atoms with E-state index >= 15 is 0 Å². The molecule has 1 heterocycles. The van der Waals surface area contributed by atoms with E-state index in [1.165, 1.54) is 0 Å². The molecule has 1 aliphatic heterocycles. The average Bonchev–Trinajstić information content (AvgIpc) is 2.00. The zero-order valence-corrected chi connectivity index (χ0v) is 6.30. The van der Waals surface area contributed by atoms with Gasteiger partial charge in [0.1, 0.15) is 0 Å². The Kier molecular flexibility index (Phi) is 2.21. The predicted octanol–water partition coefficient (Wildman–Crippen LogP) is 2.38. The van der Waals surface area contributed by atoms with Gasteiger partial charge in [-0.25, -0.2) is 0 Å². The predicted molar refractivity (Wildman–Crippen MR) is 26.7 cm³/mol. The van der Waals surface area contributed by atoms with Crippen LogP contribution < -0.4 is 0 Å². The Morgan fingerprint density at radius 3 is 1.69 bits per heavy atom. The summed E-state index contributed by atoms with van der Waals surface area (Å²) in [5, 5.41) is 0.